The van der Waals surface area contributed by atoms with Crippen molar-refractivity contribution in [3.05, 3.63) is 60.8 Å². The van der Waals surface area contributed by atoms with Crippen LogP contribution in [0.4, 0.5) is 4.79 Å². The molecule has 6 nitrogen and oxygen atoms in total. The SMILES string of the molecule is C=CC[C@H]1[C@@H]2ON=C(Cc3ccccc3)OC2C=CN1C(=O)OC. The molecule has 6 heteroatoms. The third-order valence-corrected chi connectivity index (χ3v) is 4.04. The average Bonchev–Trinajstić information content (AvgIpc) is 2.62. The third kappa shape index (κ3) is 3.27. The Labute approximate surface area is 141 Å². The predicted molar refractivity (Wildman–Crippen MR) is 89.3 cm³/mol. The fourth-order valence-corrected chi connectivity index (χ4v) is 2.87. The second-order valence-corrected chi connectivity index (χ2v) is 5.61. The second-order valence-electron chi connectivity index (χ2n) is 5.61. The van der Waals surface area contributed by atoms with Gasteiger partial charge in [0, 0.05) is 6.20 Å². The Morgan fingerprint density at radius 3 is 2.92 bits per heavy atom. The number of carbonyl (C=O) groups excluding carboxylic acids is 1. The maximum absolute atomic E-state index is 11.9. The van der Waals surface area contributed by atoms with Crippen molar-refractivity contribution >= 4 is 12.0 Å². The van der Waals surface area contributed by atoms with E-state index >= 15 is 0 Å². The molecule has 0 radical (unpaired) electrons. The number of nitrogens with zero attached hydrogens (tertiary/aromatic N) is 2. The highest BCUT2D eigenvalue weighted by atomic mass is 16.7. The van der Waals surface area contributed by atoms with Crippen molar-refractivity contribution in [2.75, 3.05) is 7.11 Å². The molecule has 3 atom stereocenters. The van der Waals surface area contributed by atoms with E-state index in [1.54, 1.807) is 18.4 Å². The Balaban J connectivity index is 1.75. The van der Waals surface area contributed by atoms with E-state index in [4.69, 9.17) is 14.3 Å². The number of carbonyl (C=O) groups is 1. The van der Waals surface area contributed by atoms with Gasteiger partial charge in [0.1, 0.15) is 0 Å². The standard InChI is InChI=1S/C18H20N2O4/c1-3-7-14-17-15(10-11-20(14)18(21)22-2)23-16(19-24-17)12-13-8-5-4-6-9-13/h3-6,8-11,14-15,17H,1,7,12H2,2H3/t14-,15?,17-/m0/s1. The quantitative estimate of drug-likeness (QED) is 0.798. The third-order valence-electron chi connectivity index (χ3n) is 4.04. The zero-order valence-corrected chi connectivity index (χ0v) is 13.5. The van der Waals surface area contributed by atoms with E-state index in [1.165, 1.54) is 12.0 Å². The summed E-state index contributed by atoms with van der Waals surface area (Å²) in [6, 6.07) is 9.65. The van der Waals surface area contributed by atoms with E-state index in [1.807, 2.05) is 30.3 Å². The van der Waals surface area contributed by atoms with E-state index in [9.17, 15) is 4.79 Å². The monoisotopic (exact) mass is 328 g/mol. The smallest absolute Gasteiger partial charge is 0.413 e. The molecule has 0 saturated carbocycles. The molecule has 0 aliphatic carbocycles. The summed E-state index contributed by atoms with van der Waals surface area (Å²) in [7, 11) is 1.35. The van der Waals surface area contributed by atoms with Crippen molar-refractivity contribution in [2.24, 2.45) is 5.16 Å². The van der Waals surface area contributed by atoms with Gasteiger partial charge in [0.2, 0.25) is 5.90 Å². The fraction of sp³-hybridized carbons (Fsp3) is 0.333. The number of methoxy groups -OCH3 is 1. The Morgan fingerprint density at radius 1 is 1.42 bits per heavy atom. The van der Waals surface area contributed by atoms with Crippen LogP contribution in [0.2, 0.25) is 0 Å². The van der Waals surface area contributed by atoms with Gasteiger partial charge in [0.15, 0.2) is 12.2 Å². The molecule has 0 bridgehead atoms. The van der Waals surface area contributed by atoms with Gasteiger partial charge in [0.05, 0.1) is 19.6 Å². The van der Waals surface area contributed by atoms with Crippen molar-refractivity contribution < 1.29 is 19.1 Å². The van der Waals surface area contributed by atoms with E-state index in [-0.39, 0.29) is 12.1 Å². The summed E-state index contributed by atoms with van der Waals surface area (Å²) < 4.78 is 10.8. The summed E-state index contributed by atoms with van der Waals surface area (Å²) in [4.78, 5) is 19.1. The van der Waals surface area contributed by atoms with Gasteiger partial charge in [-0.1, -0.05) is 41.6 Å². The van der Waals surface area contributed by atoms with Crippen LogP contribution in [0.15, 0.2) is 60.4 Å². The largest absolute Gasteiger partial charge is 0.467 e. The summed E-state index contributed by atoms with van der Waals surface area (Å²) in [5.41, 5.74) is 1.09. The number of oxime groups is 1. The normalized spacial score (nSPS) is 25.0. The molecule has 126 valence electrons. The van der Waals surface area contributed by atoms with Crippen molar-refractivity contribution in [1.82, 2.24) is 4.90 Å². The molecular weight excluding hydrogens is 308 g/mol. The van der Waals surface area contributed by atoms with Gasteiger partial charge in [-0.2, -0.15) is 0 Å². The minimum absolute atomic E-state index is 0.271. The number of hydrogen-bond donors (Lipinski definition) is 0. The number of amides is 1. The molecule has 1 aromatic carbocycles. The van der Waals surface area contributed by atoms with Crippen LogP contribution in [0.25, 0.3) is 0 Å². The topological polar surface area (TPSA) is 60.4 Å². The van der Waals surface area contributed by atoms with Crippen LogP contribution in [-0.4, -0.2) is 42.3 Å². The van der Waals surface area contributed by atoms with Gasteiger partial charge in [-0.05, 0) is 18.1 Å². The minimum Gasteiger partial charge on any atom is -0.467 e. The number of fused-ring (bicyclic) bond motifs is 1. The molecule has 1 unspecified atom stereocenters. The molecule has 24 heavy (non-hydrogen) atoms. The van der Waals surface area contributed by atoms with Crippen LogP contribution in [-0.2, 0) is 20.7 Å². The van der Waals surface area contributed by atoms with Gasteiger partial charge in [0.25, 0.3) is 0 Å². The summed E-state index contributed by atoms with van der Waals surface area (Å²) in [5, 5.41) is 4.11. The van der Waals surface area contributed by atoms with E-state index in [0.717, 1.165) is 5.56 Å². The van der Waals surface area contributed by atoms with Gasteiger partial charge in [-0.25, -0.2) is 4.79 Å². The number of rotatable bonds is 4. The molecule has 0 N–H and O–H groups in total. The molecule has 0 spiro atoms. The van der Waals surface area contributed by atoms with E-state index in [2.05, 4.69) is 11.7 Å². The zero-order valence-electron chi connectivity index (χ0n) is 13.5. The Bertz CT molecular complexity index is 656. The van der Waals surface area contributed by atoms with Crippen molar-refractivity contribution in [3.8, 4) is 0 Å². The molecule has 0 aromatic heterocycles. The lowest BCUT2D eigenvalue weighted by molar-refractivity contribution is -0.0835. The van der Waals surface area contributed by atoms with Crippen LogP contribution in [0.1, 0.15) is 12.0 Å². The molecule has 1 aromatic rings. The first-order valence-electron chi connectivity index (χ1n) is 7.81. The van der Waals surface area contributed by atoms with Gasteiger partial charge < -0.3 is 14.3 Å². The van der Waals surface area contributed by atoms with E-state index < -0.39 is 12.2 Å². The van der Waals surface area contributed by atoms with Crippen molar-refractivity contribution in [3.63, 3.8) is 0 Å². The lowest BCUT2D eigenvalue weighted by Gasteiger charge is -2.40. The summed E-state index contributed by atoms with van der Waals surface area (Å²) in [5.74, 6) is 0.524. The first-order valence-corrected chi connectivity index (χ1v) is 7.81. The summed E-state index contributed by atoms with van der Waals surface area (Å²) in [6.07, 6.45) is 5.18. The van der Waals surface area contributed by atoms with Crippen molar-refractivity contribution in [2.45, 2.75) is 31.1 Å². The Kier molecular flexibility index (Phi) is 4.84. The lowest BCUT2D eigenvalue weighted by atomic mass is 9.97. The van der Waals surface area contributed by atoms with Crippen LogP contribution in [0.5, 0.6) is 0 Å². The molecule has 1 amide bonds. The molecule has 2 aliphatic heterocycles. The lowest BCUT2D eigenvalue weighted by Crippen LogP contribution is -2.54. The Hall–Kier alpha value is -2.76. The van der Waals surface area contributed by atoms with Crippen molar-refractivity contribution in [1.29, 1.82) is 0 Å². The molecule has 2 heterocycles. The van der Waals surface area contributed by atoms with Gasteiger partial charge in [-0.3, -0.25) is 4.90 Å². The molecule has 3 rings (SSSR count). The molecule has 0 fully saturated rings. The molecular formula is C18H20N2O4. The Morgan fingerprint density at radius 2 is 2.21 bits per heavy atom. The predicted octanol–water partition coefficient (Wildman–Crippen LogP) is 2.87. The highest BCUT2D eigenvalue weighted by Gasteiger charge is 2.42. The van der Waals surface area contributed by atoms with Gasteiger partial charge in [-0.15, -0.1) is 6.58 Å². The van der Waals surface area contributed by atoms with Crippen LogP contribution >= 0.6 is 0 Å². The highest BCUT2D eigenvalue weighted by molar-refractivity contribution is 5.79. The number of hydrogen-bond acceptors (Lipinski definition) is 5. The maximum Gasteiger partial charge on any atom is 0.413 e. The second kappa shape index (κ2) is 7.21. The summed E-state index contributed by atoms with van der Waals surface area (Å²) in [6.45, 7) is 3.75. The molecule has 0 saturated heterocycles. The van der Waals surface area contributed by atoms with Crippen LogP contribution in [0, 0.1) is 0 Å². The number of benzene rings is 1. The van der Waals surface area contributed by atoms with Crippen LogP contribution < -0.4 is 0 Å². The van der Waals surface area contributed by atoms with E-state index in [0.29, 0.717) is 18.7 Å². The maximum atomic E-state index is 11.9. The highest BCUT2D eigenvalue weighted by Crippen LogP contribution is 2.28. The summed E-state index contributed by atoms with van der Waals surface area (Å²) >= 11 is 0. The van der Waals surface area contributed by atoms with Gasteiger partial charge >= 0.3 is 6.09 Å². The zero-order chi connectivity index (χ0) is 16.9. The molecule has 2 aliphatic rings. The fourth-order valence-electron chi connectivity index (χ4n) is 2.87. The average molecular weight is 328 g/mol. The first kappa shape index (κ1) is 16.1. The number of ether oxygens (including phenoxy) is 2. The van der Waals surface area contributed by atoms with Crippen LogP contribution in [0.3, 0.4) is 0 Å². The minimum atomic E-state index is -0.445. The first-order chi connectivity index (χ1) is 11.7.